The molecule has 0 aliphatic heterocycles. The number of rotatable bonds is 5. The molecule has 0 bridgehead atoms. The summed E-state index contributed by atoms with van der Waals surface area (Å²) in [5, 5.41) is 3.20. The number of aryl methyl sites for hydroxylation is 1. The first-order chi connectivity index (χ1) is 10.5. The van der Waals surface area contributed by atoms with Gasteiger partial charge in [-0.1, -0.05) is 35.9 Å². The minimum atomic E-state index is -0.136. The molecule has 0 saturated heterocycles. The number of nitrogens with one attached hydrogen (secondary N) is 1. The zero-order chi connectivity index (χ0) is 16.1. The average Bonchev–Trinajstić information content (AvgIpc) is 2.51. The van der Waals surface area contributed by atoms with Crippen LogP contribution in [0.5, 0.6) is 11.5 Å². The molecule has 2 rings (SSSR count). The maximum atomic E-state index is 12.2. The Labute approximate surface area is 135 Å². The van der Waals surface area contributed by atoms with Crippen LogP contribution in [0.4, 0.5) is 5.69 Å². The molecular formula is C17H18ClNO3. The van der Waals surface area contributed by atoms with Gasteiger partial charge in [0.15, 0.2) is 11.5 Å². The highest BCUT2D eigenvalue weighted by Crippen LogP contribution is 2.36. The Balaban J connectivity index is 2.16. The Bertz CT molecular complexity index is 686. The summed E-state index contributed by atoms with van der Waals surface area (Å²) in [4.78, 5) is 12.2. The first kappa shape index (κ1) is 16.2. The van der Waals surface area contributed by atoms with Crippen LogP contribution in [0, 0.1) is 6.92 Å². The van der Waals surface area contributed by atoms with Crippen molar-refractivity contribution in [1.82, 2.24) is 0 Å². The van der Waals surface area contributed by atoms with E-state index in [-0.39, 0.29) is 12.3 Å². The van der Waals surface area contributed by atoms with E-state index in [2.05, 4.69) is 5.32 Å². The number of halogens is 1. The lowest BCUT2D eigenvalue weighted by atomic mass is 10.1. The summed E-state index contributed by atoms with van der Waals surface area (Å²) in [7, 11) is 3.06. The van der Waals surface area contributed by atoms with E-state index in [1.165, 1.54) is 14.2 Å². The van der Waals surface area contributed by atoms with E-state index in [0.29, 0.717) is 22.2 Å². The van der Waals surface area contributed by atoms with E-state index in [9.17, 15) is 4.79 Å². The number of hydrogen-bond donors (Lipinski definition) is 1. The molecule has 0 aliphatic carbocycles. The van der Waals surface area contributed by atoms with Gasteiger partial charge in [-0.05, 0) is 18.1 Å². The smallest absolute Gasteiger partial charge is 0.228 e. The van der Waals surface area contributed by atoms with Gasteiger partial charge in [-0.15, -0.1) is 0 Å². The molecule has 0 atom stereocenters. The summed E-state index contributed by atoms with van der Waals surface area (Å²) in [6.07, 6.45) is 0.289. The minimum Gasteiger partial charge on any atom is -0.493 e. The SMILES string of the molecule is COc1cc(Cl)c(NC(=O)Cc2ccccc2C)cc1OC. The molecule has 0 aliphatic rings. The van der Waals surface area contributed by atoms with E-state index in [1.807, 2.05) is 31.2 Å². The first-order valence-corrected chi connectivity index (χ1v) is 7.18. The van der Waals surface area contributed by atoms with Gasteiger partial charge in [0.25, 0.3) is 0 Å². The van der Waals surface area contributed by atoms with Crippen molar-refractivity contribution in [3.05, 3.63) is 52.5 Å². The number of ether oxygens (including phenoxy) is 2. The second-order valence-corrected chi connectivity index (χ2v) is 5.25. The summed E-state index contributed by atoms with van der Waals surface area (Å²) >= 11 is 6.17. The van der Waals surface area contributed by atoms with Crippen molar-refractivity contribution in [3.63, 3.8) is 0 Å². The molecular weight excluding hydrogens is 302 g/mol. The lowest BCUT2D eigenvalue weighted by Crippen LogP contribution is -2.15. The van der Waals surface area contributed by atoms with Gasteiger partial charge >= 0.3 is 0 Å². The van der Waals surface area contributed by atoms with Crippen molar-refractivity contribution in [1.29, 1.82) is 0 Å². The third-order valence-electron chi connectivity index (χ3n) is 3.36. The number of amides is 1. The molecule has 4 nitrogen and oxygen atoms in total. The Morgan fingerprint density at radius 2 is 1.77 bits per heavy atom. The normalized spacial score (nSPS) is 10.2. The summed E-state index contributed by atoms with van der Waals surface area (Å²) < 4.78 is 10.4. The standard InChI is InChI=1S/C17H18ClNO3/c1-11-6-4-5-7-12(11)8-17(20)19-14-10-16(22-3)15(21-2)9-13(14)18/h4-7,9-10H,8H2,1-3H3,(H,19,20). The van der Waals surface area contributed by atoms with E-state index >= 15 is 0 Å². The molecule has 1 N–H and O–H groups in total. The molecule has 2 aromatic carbocycles. The van der Waals surface area contributed by atoms with Crippen LogP contribution in [0.2, 0.25) is 5.02 Å². The highest BCUT2D eigenvalue weighted by molar-refractivity contribution is 6.34. The molecule has 0 heterocycles. The van der Waals surface area contributed by atoms with Gasteiger partial charge in [0.1, 0.15) is 0 Å². The van der Waals surface area contributed by atoms with E-state index in [0.717, 1.165) is 11.1 Å². The quantitative estimate of drug-likeness (QED) is 0.910. The van der Waals surface area contributed by atoms with Crippen LogP contribution in [0.25, 0.3) is 0 Å². The van der Waals surface area contributed by atoms with Crippen molar-refractivity contribution < 1.29 is 14.3 Å². The van der Waals surface area contributed by atoms with Crippen molar-refractivity contribution in [2.75, 3.05) is 19.5 Å². The fraction of sp³-hybridized carbons (Fsp3) is 0.235. The number of anilines is 1. The average molecular weight is 320 g/mol. The Hall–Kier alpha value is -2.20. The van der Waals surface area contributed by atoms with E-state index < -0.39 is 0 Å². The molecule has 5 heteroatoms. The predicted molar refractivity (Wildman–Crippen MR) is 88.1 cm³/mol. The molecule has 1 amide bonds. The van der Waals surface area contributed by atoms with Crippen LogP contribution in [-0.2, 0) is 11.2 Å². The van der Waals surface area contributed by atoms with Crippen LogP contribution in [-0.4, -0.2) is 20.1 Å². The van der Waals surface area contributed by atoms with Gasteiger partial charge in [-0.3, -0.25) is 4.79 Å². The second kappa shape index (κ2) is 7.18. The van der Waals surface area contributed by atoms with Crippen molar-refractivity contribution in [3.8, 4) is 11.5 Å². The van der Waals surface area contributed by atoms with Crippen LogP contribution < -0.4 is 14.8 Å². The zero-order valence-electron chi connectivity index (χ0n) is 12.8. The molecule has 22 heavy (non-hydrogen) atoms. The summed E-state index contributed by atoms with van der Waals surface area (Å²) in [5.74, 6) is 0.894. The maximum Gasteiger partial charge on any atom is 0.228 e. The van der Waals surface area contributed by atoms with Crippen LogP contribution >= 0.6 is 11.6 Å². The molecule has 0 unspecified atom stereocenters. The molecule has 0 fully saturated rings. The number of carbonyl (C=O) groups excluding carboxylic acids is 1. The first-order valence-electron chi connectivity index (χ1n) is 6.81. The lowest BCUT2D eigenvalue weighted by molar-refractivity contribution is -0.115. The molecule has 116 valence electrons. The number of methoxy groups -OCH3 is 2. The molecule has 2 aromatic rings. The topological polar surface area (TPSA) is 47.6 Å². The lowest BCUT2D eigenvalue weighted by Gasteiger charge is -2.13. The van der Waals surface area contributed by atoms with Gasteiger partial charge < -0.3 is 14.8 Å². The third kappa shape index (κ3) is 3.71. The summed E-state index contributed by atoms with van der Waals surface area (Å²) in [6.45, 7) is 1.98. The highest BCUT2D eigenvalue weighted by Gasteiger charge is 2.13. The number of benzene rings is 2. The van der Waals surface area contributed by atoms with Crippen molar-refractivity contribution >= 4 is 23.2 Å². The van der Waals surface area contributed by atoms with E-state index in [4.69, 9.17) is 21.1 Å². The largest absolute Gasteiger partial charge is 0.493 e. The minimum absolute atomic E-state index is 0.136. The Morgan fingerprint density at radius 3 is 2.41 bits per heavy atom. The molecule has 0 radical (unpaired) electrons. The number of hydrogen-bond acceptors (Lipinski definition) is 3. The van der Waals surface area contributed by atoms with Gasteiger partial charge in [-0.2, -0.15) is 0 Å². The fourth-order valence-corrected chi connectivity index (χ4v) is 2.33. The number of carbonyl (C=O) groups is 1. The van der Waals surface area contributed by atoms with Gasteiger partial charge in [-0.25, -0.2) is 0 Å². The van der Waals surface area contributed by atoms with Crippen molar-refractivity contribution in [2.24, 2.45) is 0 Å². The van der Waals surface area contributed by atoms with Crippen molar-refractivity contribution in [2.45, 2.75) is 13.3 Å². The molecule has 0 saturated carbocycles. The summed E-state index contributed by atoms with van der Waals surface area (Å²) in [6, 6.07) is 11.0. The second-order valence-electron chi connectivity index (χ2n) is 4.84. The summed E-state index contributed by atoms with van der Waals surface area (Å²) in [5.41, 5.74) is 2.56. The Kier molecular flexibility index (Phi) is 5.28. The molecule has 0 aromatic heterocycles. The van der Waals surface area contributed by atoms with Crippen LogP contribution in [0.3, 0.4) is 0 Å². The Morgan fingerprint density at radius 1 is 1.14 bits per heavy atom. The fourth-order valence-electron chi connectivity index (χ4n) is 2.13. The van der Waals surface area contributed by atoms with Gasteiger partial charge in [0, 0.05) is 12.1 Å². The van der Waals surface area contributed by atoms with Crippen LogP contribution in [0.15, 0.2) is 36.4 Å². The van der Waals surface area contributed by atoms with Crippen LogP contribution in [0.1, 0.15) is 11.1 Å². The van der Waals surface area contributed by atoms with Gasteiger partial charge in [0.2, 0.25) is 5.91 Å². The predicted octanol–water partition coefficient (Wildman–Crippen LogP) is 3.85. The van der Waals surface area contributed by atoms with Gasteiger partial charge in [0.05, 0.1) is 31.4 Å². The maximum absolute atomic E-state index is 12.2. The highest BCUT2D eigenvalue weighted by atomic mass is 35.5. The molecule has 0 spiro atoms. The third-order valence-corrected chi connectivity index (χ3v) is 3.67. The monoisotopic (exact) mass is 319 g/mol. The zero-order valence-corrected chi connectivity index (χ0v) is 13.5. The van der Waals surface area contributed by atoms with E-state index in [1.54, 1.807) is 12.1 Å².